The molecule has 0 bridgehead atoms. The van der Waals surface area contributed by atoms with Gasteiger partial charge in [-0.2, -0.15) is 0 Å². The molecule has 0 aliphatic heterocycles. The fourth-order valence-corrected chi connectivity index (χ4v) is 3.41. The zero-order valence-corrected chi connectivity index (χ0v) is 17.9. The number of hydrogen-bond acceptors (Lipinski definition) is 5. The fourth-order valence-electron chi connectivity index (χ4n) is 3.41. The van der Waals surface area contributed by atoms with Crippen LogP contribution in [0.1, 0.15) is 22.8 Å². The highest BCUT2D eigenvalue weighted by molar-refractivity contribution is 6.04. The Morgan fingerprint density at radius 2 is 1.67 bits per heavy atom. The average molecular weight is 445 g/mol. The van der Waals surface area contributed by atoms with Crippen LogP contribution in [0.2, 0.25) is 0 Å². The second-order valence-electron chi connectivity index (χ2n) is 7.45. The molecule has 0 saturated carbocycles. The monoisotopic (exact) mass is 445 g/mol. The van der Waals surface area contributed by atoms with Crippen LogP contribution in [0.5, 0.6) is 0 Å². The molecule has 1 heterocycles. The number of esters is 1. The van der Waals surface area contributed by atoms with Crippen LogP contribution in [0.15, 0.2) is 82.0 Å². The molecule has 166 valence electrons. The predicted octanol–water partition coefficient (Wildman–Crippen LogP) is 5.09. The third-order valence-corrected chi connectivity index (χ3v) is 5.19. The minimum atomic E-state index is -1.22. The van der Waals surface area contributed by atoms with Crippen molar-refractivity contribution in [3.63, 3.8) is 0 Å². The molecule has 1 aromatic heterocycles. The van der Waals surface area contributed by atoms with Gasteiger partial charge in [0.2, 0.25) is 0 Å². The van der Waals surface area contributed by atoms with Crippen molar-refractivity contribution in [3.8, 4) is 11.3 Å². The number of anilines is 1. The number of nitrogens with one attached hydrogen (secondary N) is 1. The maximum Gasteiger partial charge on any atom is 0.342 e. The Morgan fingerprint density at radius 3 is 2.39 bits per heavy atom. The molecule has 33 heavy (non-hydrogen) atoms. The number of benzene rings is 3. The van der Waals surface area contributed by atoms with Crippen LogP contribution in [0, 0.1) is 12.7 Å². The summed E-state index contributed by atoms with van der Waals surface area (Å²) in [4.78, 5) is 38.3. The summed E-state index contributed by atoms with van der Waals surface area (Å²) >= 11 is 0. The van der Waals surface area contributed by atoms with E-state index in [1.165, 1.54) is 31.2 Å². The van der Waals surface area contributed by atoms with Gasteiger partial charge in [-0.3, -0.25) is 9.59 Å². The van der Waals surface area contributed by atoms with Gasteiger partial charge < -0.3 is 14.5 Å². The van der Waals surface area contributed by atoms with E-state index in [9.17, 15) is 18.8 Å². The summed E-state index contributed by atoms with van der Waals surface area (Å²) in [5.41, 5.74) is 0.886. The first-order valence-electron chi connectivity index (χ1n) is 10.2. The van der Waals surface area contributed by atoms with E-state index in [2.05, 4.69) is 5.32 Å². The van der Waals surface area contributed by atoms with Gasteiger partial charge in [-0.05, 0) is 38.1 Å². The van der Waals surface area contributed by atoms with E-state index in [1.807, 2.05) is 18.2 Å². The van der Waals surface area contributed by atoms with E-state index < -0.39 is 23.8 Å². The maximum absolute atomic E-state index is 13.8. The second kappa shape index (κ2) is 9.08. The van der Waals surface area contributed by atoms with Gasteiger partial charge in [-0.15, -0.1) is 0 Å². The van der Waals surface area contributed by atoms with Crippen LogP contribution in [-0.2, 0) is 9.53 Å². The third-order valence-electron chi connectivity index (χ3n) is 5.19. The highest BCUT2D eigenvalue weighted by Gasteiger charge is 2.24. The minimum Gasteiger partial charge on any atom is -0.455 e. The van der Waals surface area contributed by atoms with Crippen molar-refractivity contribution in [1.82, 2.24) is 0 Å². The summed E-state index contributed by atoms with van der Waals surface area (Å²) < 4.78 is 25.1. The fraction of sp³-hybridized carbons (Fsp3) is 0.115. The highest BCUT2D eigenvalue weighted by Crippen LogP contribution is 2.27. The van der Waals surface area contributed by atoms with E-state index in [0.29, 0.717) is 16.9 Å². The van der Waals surface area contributed by atoms with Crippen molar-refractivity contribution in [2.24, 2.45) is 0 Å². The quantitative estimate of drug-likeness (QED) is 0.433. The number of carbonyl (C=O) groups excluding carboxylic acids is 2. The van der Waals surface area contributed by atoms with Crippen LogP contribution in [0.4, 0.5) is 10.1 Å². The summed E-state index contributed by atoms with van der Waals surface area (Å²) in [5, 5.41) is 2.61. The number of ether oxygens (including phenoxy) is 1. The van der Waals surface area contributed by atoms with Gasteiger partial charge in [0.25, 0.3) is 5.91 Å². The molecule has 6 nitrogen and oxygen atoms in total. The topological polar surface area (TPSA) is 85.6 Å². The van der Waals surface area contributed by atoms with Crippen molar-refractivity contribution in [2.75, 3.05) is 5.32 Å². The number of halogens is 1. The molecule has 7 heteroatoms. The molecular weight excluding hydrogens is 425 g/mol. The van der Waals surface area contributed by atoms with Gasteiger partial charge >= 0.3 is 5.97 Å². The lowest BCUT2D eigenvalue weighted by molar-refractivity contribution is -0.123. The molecule has 0 aliphatic carbocycles. The Hall–Kier alpha value is -4.26. The average Bonchev–Trinajstić information content (AvgIpc) is 2.82. The second-order valence-corrected chi connectivity index (χ2v) is 7.45. The van der Waals surface area contributed by atoms with Gasteiger partial charge in [-0.25, -0.2) is 9.18 Å². The summed E-state index contributed by atoms with van der Waals surface area (Å²) in [6.07, 6.45) is -1.22. The van der Waals surface area contributed by atoms with E-state index in [-0.39, 0.29) is 27.6 Å². The van der Waals surface area contributed by atoms with E-state index in [0.717, 1.165) is 0 Å². The molecule has 0 aliphatic rings. The minimum absolute atomic E-state index is 0.00678. The lowest BCUT2D eigenvalue weighted by Crippen LogP contribution is -2.30. The summed E-state index contributed by atoms with van der Waals surface area (Å²) in [5.74, 6) is -1.80. The molecule has 1 N–H and O–H groups in total. The van der Waals surface area contributed by atoms with E-state index in [4.69, 9.17) is 9.15 Å². The van der Waals surface area contributed by atoms with Crippen molar-refractivity contribution < 1.29 is 23.1 Å². The van der Waals surface area contributed by atoms with Gasteiger partial charge in [0.1, 0.15) is 17.1 Å². The Kier molecular flexibility index (Phi) is 6.04. The zero-order valence-electron chi connectivity index (χ0n) is 17.9. The smallest absolute Gasteiger partial charge is 0.342 e. The van der Waals surface area contributed by atoms with Gasteiger partial charge in [0.05, 0.1) is 11.1 Å². The highest BCUT2D eigenvalue weighted by atomic mass is 19.1. The zero-order chi connectivity index (χ0) is 23.5. The third kappa shape index (κ3) is 4.39. The summed E-state index contributed by atoms with van der Waals surface area (Å²) in [7, 11) is 0. The molecule has 1 unspecified atom stereocenters. The molecule has 1 atom stereocenters. The standard InChI is InChI=1S/C26H20FNO5/c1-15-22(29)18-11-8-12-19(24(18)33-23(15)17-9-4-3-5-10-17)26(31)32-16(2)25(30)28-21-14-7-6-13-20(21)27/h3-14,16H,1-2H3,(H,28,30). The Balaban J connectivity index is 1.66. The van der Waals surface area contributed by atoms with E-state index >= 15 is 0 Å². The van der Waals surface area contributed by atoms with Gasteiger partial charge in [0.15, 0.2) is 17.1 Å². The first kappa shape index (κ1) is 22.0. The Labute approximate surface area is 188 Å². The molecule has 3 aromatic carbocycles. The van der Waals surface area contributed by atoms with E-state index in [1.54, 1.807) is 37.3 Å². The lowest BCUT2D eigenvalue weighted by Gasteiger charge is -2.15. The molecule has 0 saturated heterocycles. The van der Waals surface area contributed by atoms with Crippen molar-refractivity contribution in [3.05, 3.63) is 100.0 Å². The number of fused-ring (bicyclic) bond motifs is 1. The normalized spacial score (nSPS) is 11.7. The molecule has 0 radical (unpaired) electrons. The van der Waals surface area contributed by atoms with Crippen LogP contribution < -0.4 is 10.7 Å². The lowest BCUT2D eigenvalue weighted by atomic mass is 10.0. The van der Waals surface area contributed by atoms with Crippen LogP contribution in [0.3, 0.4) is 0 Å². The molecule has 4 rings (SSSR count). The number of amides is 1. The van der Waals surface area contributed by atoms with Crippen molar-refractivity contribution in [2.45, 2.75) is 20.0 Å². The predicted molar refractivity (Wildman–Crippen MR) is 123 cm³/mol. The first-order chi connectivity index (χ1) is 15.9. The van der Waals surface area contributed by atoms with Crippen LogP contribution in [-0.4, -0.2) is 18.0 Å². The SMILES string of the molecule is Cc1c(-c2ccccc2)oc2c(C(=O)OC(C)C(=O)Nc3ccccc3F)cccc2c1=O. The van der Waals surface area contributed by atoms with Crippen molar-refractivity contribution >= 4 is 28.5 Å². The first-order valence-corrected chi connectivity index (χ1v) is 10.2. The molecule has 1 amide bonds. The largest absolute Gasteiger partial charge is 0.455 e. The van der Waals surface area contributed by atoms with Crippen molar-refractivity contribution in [1.29, 1.82) is 0 Å². The van der Waals surface area contributed by atoms with Crippen LogP contribution in [0.25, 0.3) is 22.3 Å². The number of hydrogen-bond donors (Lipinski definition) is 1. The number of rotatable bonds is 5. The number of carbonyl (C=O) groups is 2. The summed E-state index contributed by atoms with van der Waals surface area (Å²) in [6, 6.07) is 19.3. The molecule has 4 aromatic rings. The molecule has 0 fully saturated rings. The molecule has 0 spiro atoms. The van der Waals surface area contributed by atoms with Crippen LogP contribution >= 0.6 is 0 Å². The van der Waals surface area contributed by atoms with Gasteiger partial charge in [0, 0.05) is 11.1 Å². The Bertz CT molecular complexity index is 1410. The maximum atomic E-state index is 13.8. The number of para-hydroxylation sites is 2. The Morgan fingerprint density at radius 1 is 0.970 bits per heavy atom. The molecular formula is C26H20FNO5. The van der Waals surface area contributed by atoms with Gasteiger partial charge in [-0.1, -0.05) is 48.5 Å². The summed E-state index contributed by atoms with van der Waals surface area (Å²) in [6.45, 7) is 3.03.